The molecule has 6 heteroatoms. The first-order chi connectivity index (χ1) is 14.4. The highest BCUT2D eigenvalue weighted by Crippen LogP contribution is 2.32. The lowest BCUT2D eigenvalue weighted by Gasteiger charge is -2.09. The third-order valence-corrected chi connectivity index (χ3v) is 5.32. The molecule has 0 saturated heterocycles. The Hall–Kier alpha value is -2.92. The monoisotopic (exact) mass is 421 g/mol. The van der Waals surface area contributed by atoms with Crippen LogP contribution in [0.15, 0.2) is 40.8 Å². The van der Waals surface area contributed by atoms with Crippen molar-refractivity contribution in [1.29, 1.82) is 0 Å². The standard InChI is InChI=1S/C24H24ClN3O2/c1-13(2)20-21-24(27-19(26-20)12-16-6-8-18(25)9-7-16)30-23(28-21)17-10-14(3)22(29-5)15(4)11-17/h6-11,13H,12H2,1-5H3. The van der Waals surface area contributed by atoms with E-state index in [0.717, 1.165) is 33.7 Å². The maximum Gasteiger partial charge on any atom is 0.251 e. The normalized spacial score (nSPS) is 11.4. The van der Waals surface area contributed by atoms with Crippen LogP contribution >= 0.6 is 11.6 Å². The lowest BCUT2D eigenvalue weighted by molar-refractivity contribution is 0.408. The molecule has 2 heterocycles. The summed E-state index contributed by atoms with van der Waals surface area (Å²) >= 11 is 6.00. The van der Waals surface area contributed by atoms with E-state index in [2.05, 4.69) is 18.8 Å². The minimum absolute atomic E-state index is 0.191. The van der Waals surface area contributed by atoms with Crippen LogP contribution in [0.4, 0.5) is 0 Å². The highest BCUT2D eigenvalue weighted by molar-refractivity contribution is 6.30. The third kappa shape index (κ3) is 3.90. The highest BCUT2D eigenvalue weighted by atomic mass is 35.5. The predicted octanol–water partition coefficient (Wildman–Crippen LogP) is 6.28. The van der Waals surface area contributed by atoms with Crippen molar-refractivity contribution in [2.24, 2.45) is 0 Å². The third-order valence-electron chi connectivity index (χ3n) is 5.07. The Kier molecular flexibility index (Phi) is 5.48. The molecule has 2 aromatic heterocycles. The van der Waals surface area contributed by atoms with Crippen LogP contribution in [-0.2, 0) is 6.42 Å². The zero-order valence-electron chi connectivity index (χ0n) is 17.8. The number of halogens is 1. The van der Waals surface area contributed by atoms with Gasteiger partial charge in [0.2, 0.25) is 5.89 Å². The van der Waals surface area contributed by atoms with Gasteiger partial charge in [0.25, 0.3) is 5.71 Å². The second kappa shape index (κ2) is 8.07. The molecule has 0 aliphatic rings. The molecule has 154 valence electrons. The molecule has 0 aliphatic heterocycles. The molecule has 0 N–H and O–H groups in total. The van der Waals surface area contributed by atoms with Crippen molar-refractivity contribution in [2.75, 3.05) is 7.11 Å². The van der Waals surface area contributed by atoms with Gasteiger partial charge in [0.15, 0.2) is 5.52 Å². The molecule has 0 amide bonds. The van der Waals surface area contributed by atoms with E-state index < -0.39 is 0 Å². The van der Waals surface area contributed by atoms with Crippen LogP contribution in [0.2, 0.25) is 5.02 Å². The van der Waals surface area contributed by atoms with Crippen LogP contribution in [0.3, 0.4) is 0 Å². The molecule has 30 heavy (non-hydrogen) atoms. The topological polar surface area (TPSA) is 61.0 Å². The first kappa shape index (κ1) is 20.4. The van der Waals surface area contributed by atoms with Gasteiger partial charge < -0.3 is 9.15 Å². The average molecular weight is 422 g/mol. The van der Waals surface area contributed by atoms with Gasteiger partial charge in [-0.05, 0) is 60.7 Å². The largest absolute Gasteiger partial charge is 0.496 e. The maximum atomic E-state index is 6.10. The summed E-state index contributed by atoms with van der Waals surface area (Å²) in [5.41, 5.74) is 6.18. The number of oxazole rings is 1. The Morgan fingerprint density at radius 2 is 1.67 bits per heavy atom. The van der Waals surface area contributed by atoms with Crippen molar-refractivity contribution in [3.05, 3.63) is 69.6 Å². The summed E-state index contributed by atoms with van der Waals surface area (Å²) in [6.45, 7) is 8.23. The number of fused-ring (bicyclic) bond motifs is 1. The van der Waals surface area contributed by atoms with Gasteiger partial charge in [0.1, 0.15) is 11.6 Å². The van der Waals surface area contributed by atoms with E-state index in [1.54, 1.807) is 7.11 Å². The molecule has 0 spiro atoms. The molecule has 0 radical (unpaired) electrons. The second-order valence-corrected chi connectivity index (χ2v) is 8.24. The zero-order valence-corrected chi connectivity index (χ0v) is 18.5. The van der Waals surface area contributed by atoms with Gasteiger partial charge in [0, 0.05) is 17.0 Å². The first-order valence-electron chi connectivity index (χ1n) is 9.93. The molecule has 2 aromatic carbocycles. The number of aryl methyl sites for hydroxylation is 2. The number of benzene rings is 2. The highest BCUT2D eigenvalue weighted by Gasteiger charge is 2.19. The minimum atomic E-state index is 0.191. The van der Waals surface area contributed by atoms with E-state index in [-0.39, 0.29) is 5.92 Å². The van der Waals surface area contributed by atoms with Crippen LogP contribution in [0.1, 0.15) is 48.0 Å². The molecule has 5 nitrogen and oxygen atoms in total. The summed E-state index contributed by atoms with van der Waals surface area (Å²) in [5, 5.41) is 0.711. The first-order valence-corrected chi connectivity index (χ1v) is 10.3. The van der Waals surface area contributed by atoms with Crippen molar-refractivity contribution in [1.82, 2.24) is 15.0 Å². The maximum absolute atomic E-state index is 6.10. The number of rotatable bonds is 5. The lowest BCUT2D eigenvalue weighted by Crippen LogP contribution is -2.03. The van der Waals surface area contributed by atoms with Gasteiger partial charge in [0.05, 0.1) is 12.8 Å². The summed E-state index contributed by atoms with van der Waals surface area (Å²) in [4.78, 5) is 14.2. The number of hydrogen-bond donors (Lipinski definition) is 0. The molecular weight excluding hydrogens is 398 g/mol. The van der Waals surface area contributed by atoms with Crippen LogP contribution in [0.5, 0.6) is 5.75 Å². The smallest absolute Gasteiger partial charge is 0.251 e. The number of aromatic nitrogens is 3. The van der Waals surface area contributed by atoms with Crippen molar-refractivity contribution >= 4 is 22.8 Å². The van der Waals surface area contributed by atoms with E-state index in [4.69, 9.17) is 30.7 Å². The number of ether oxygens (including phenoxy) is 1. The number of nitrogens with zero attached hydrogens (tertiary/aromatic N) is 3. The van der Waals surface area contributed by atoms with Gasteiger partial charge >= 0.3 is 0 Å². The van der Waals surface area contributed by atoms with Crippen LogP contribution in [0.25, 0.3) is 22.7 Å². The van der Waals surface area contributed by atoms with Gasteiger partial charge in [-0.3, -0.25) is 0 Å². The predicted molar refractivity (Wildman–Crippen MR) is 119 cm³/mol. The average Bonchev–Trinajstić information content (AvgIpc) is 3.13. The number of methoxy groups -OCH3 is 1. The van der Waals surface area contributed by atoms with Gasteiger partial charge in [-0.15, -0.1) is 0 Å². The summed E-state index contributed by atoms with van der Waals surface area (Å²) in [6, 6.07) is 11.8. The fraction of sp³-hybridized carbons (Fsp3) is 0.292. The van der Waals surface area contributed by atoms with Crippen LogP contribution in [-0.4, -0.2) is 22.1 Å². The molecule has 4 aromatic rings. The van der Waals surface area contributed by atoms with Gasteiger partial charge in [-0.2, -0.15) is 4.98 Å². The summed E-state index contributed by atoms with van der Waals surface area (Å²) in [7, 11) is 1.68. The Morgan fingerprint density at radius 1 is 1.00 bits per heavy atom. The molecule has 0 atom stereocenters. The van der Waals surface area contributed by atoms with E-state index in [1.165, 1.54) is 0 Å². The molecule has 0 fully saturated rings. The molecule has 0 unspecified atom stereocenters. The lowest BCUT2D eigenvalue weighted by atomic mass is 10.1. The number of hydrogen-bond acceptors (Lipinski definition) is 5. The summed E-state index contributed by atoms with van der Waals surface area (Å²) < 4.78 is 11.6. The van der Waals surface area contributed by atoms with Crippen molar-refractivity contribution in [2.45, 2.75) is 40.0 Å². The summed E-state index contributed by atoms with van der Waals surface area (Å²) in [6.07, 6.45) is 0.601. The Balaban J connectivity index is 1.79. The Morgan fingerprint density at radius 3 is 2.27 bits per heavy atom. The Labute approximate surface area is 181 Å². The molecule has 0 saturated carbocycles. The quantitative estimate of drug-likeness (QED) is 0.379. The van der Waals surface area contributed by atoms with Crippen molar-refractivity contribution < 1.29 is 9.15 Å². The van der Waals surface area contributed by atoms with E-state index in [9.17, 15) is 0 Å². The van der Waals surface area contributed by atoms with Crippen LogP contribution < -0.4 is 4.74 Å². The molecule has 4 rings (SSSR count). The SMILES string of the molecule is COc1c(C)cc(-c2nc3c(C(C)C)nc(Cc4ccc(Cl)cc4)nc3o2)cc1C. The van der Waals surface area contributed by atoms with E-state index in [0.29, 0.717) is 34.4 Å². The summed E-state index contributed by atoms with van der Waals surface area (Å²) in [5.74, 6) is 2.32. The van der Waals surface area contributed by atoms with Gasteiger partial charge in [-0.25, -0.2) is 9.97 Å². The van der Waals surface area contributed by atoms with Crippen LogP contribution in [0, 0.1) is 13.8 Å². The molecule has 0 bridgehead atoms. The fourth-order valence-corrected chi connectivity index (χ4v) is 3.80. The minimum Gasteiger partial charge on any atom is -0.496 e. The van der Waals surface area contributed by atoms with Crippen molar-refractivity contribution in [3.8, 4) is 17.2 Å². The Bertz CT molecular complexity index is 1190. The molecular formula is C24H24ClN3O2. The second-order valence-electron chi connectivity index (χ2n) is 7.80. The zero-order chi connectivity index (χ0) is 21.4. The van der Waals surface area contributed by atoms with Crippen molar-refractivity contribution in [3.63, 3.8) is 0 Å². The van der Waals surface area contributed by atoms with E-state index >= 15 is 0 Å². The van der Waals surface area contributed by atoms with Gasteiger partial charge in [-0.1, -0.05) is 37.6 Å². The molecule has 0 aliphatic carbocycles. The van der Waals surface area contributed by atoms with E-state index in [1.807, 2.05) is 50.2 Å². The fourth-order valence-electron chi connectivity index (χ4n) is 3.67.